The third kappa shape index (κ3) is 28.1. The lowest BCUT2D eigenvalue weighted by Gasteiger charge is -2.16. The molecule has 0 radical (unpaired) electrons. The molecule has 1 unspecified atom stereocenters. The summed E-state index contributed by atoms with van der Waals surface area (Å²) in [6.07, 6.45) is 18.4. The molecule has 0 saturated heterocycles. The number of nitrogens with zero attached hydrogens (tertiary/aromatic N) is 1. The molecule has 8 heteroatoms. The van der Waals surface area contributed by atoms with Gasteiger partial charge in [-0.3, -0.25) is 9.59 Å². The highest BCUT2D eigenvalue weighted by atomic mass is 16.5. The lowest BCUT2D eigenvalue weighted by molar-refractivity contribution is -0.138. The average molecular weight is 624 g/mol. The molecule has 258 valence electrons. The Bertz CT molecular complexity index is 902. The number of hydrogen-bond donors (Lipinski definition) is 5. The smallest absolute Gasteiger partial charge is 0.309 e. The van der Waals surface area contributed by atoms with E-state index in [2.05, 4.69) is 70.9 Å². The molecule has 44 heavy (non-hydrogen) atoms. The molecule has 0 aliphatic heterocycles. The summed E-state index contributed by atoms with van der Waals surface area (Å²) in [6.45, 7) is 22.9. The summed E-state index contributed by atoms with van der Waals surface area (Å²) in [5.74, 6) is -0.204. The first-order valence-electron chi connectivity index (χ1n) is 16.2. The number of aryl methyl sites for hydroxylation is 2. The molecule has 0 spiro atoms. The normalized spacial score (nSPS) is 11.4. The zero-order valence-electron chi connectivity index (χ0n) is 30.3. The molecule has 0 saturated carbocycles. The van der Waals surface area contributed by atoms with Crippen LogP contribution in [0.4, 0.5) is 0 Å². The van der Waals surface area contributed by atoms with Gasteiger partial charge in [0.25, 0.3) is 0 Å². The minimum atomic E-state index is -1.35. The SMILES string of the molecule is C=CCC.CC.CCCCCCC/C(C)=C/C(/C=C(\C)CCNC(=O)C(=O)NC)C(C)C.CO.Cc1cn(C)cc1C(O)O. The fraction of sp³-hybridized carbons (Fsp3) is 0.667. The Kier molecular flexibility index (Phi) is 36.4. The molecule has 0 aromatic carbocycles. The van der Waals surface area contributed by atoms with Gasteiger partial charge in [0.15, 0.2) is 6.29 Å². The van der Waals surface area contributed by atoms with Gasteiger partial charge in [0.1, 0.15) is 0 Å². The van der Waals surface area contributed by atoms with Gasteiger partial charge in [0.2, 0.25) is 0 Å². The second kappa shape index (κ2) is 33.2. The fourth-order valence-electron chi connectivity index (χ4n) is 3.84. The lowest BCUT2D eigenvalue weighted by Crippen LogP contribution is -2.38. The highest BCUT2D eigenvalue weighted by Gasteiger charge is 2.11. The maximum absolute atomic E-state index is 11.4. The number of aliphatic hydroxyl groups excluding tert-OH is 2. The molecule has 1 aromatic heterocycles. The van der Waals surface area contributed by atoms with Crippen molar-refractivity contribution in [3.63, 3.8) is 0 Å². The topological polar surface area (TPSA) is 124 Å². The van der Waals surface area contributed by atoms with Crippen LogP contribution >= 0.6 is 0 Å². The second-order valence-corrected chi connectivity index (χ2v) is 10.7. The Labute approximate surface area is 270 Å². The van der Waals surface area contributed by atoms with E-state index in [1.807, 2.05) is 40.1 Å². The van der Waals surface area contributed by atoms with E-state index in [4.69, 9.17) is 15.3 Å². The quantitative estimate of drug-likeness (QED) is 0.0644. The molecule has 8 nitrogen and oxygen atoms in total. The summed E-state index contributed by atoms with van der Waals surface area (Å²) in [5, 5.41) is 29.5. The van der Waals surface area contributed by atoms with Gasteiger partial charge in [-0.05, 0) is 63.9 Å². The van der Waals surface area contributed by atoms with E-state index >= 15 is 0 Å². The van der Waals surface area contributed by atoms with Crippen LogP contribution < -0.4 is 10.6 Å². The van der Waals surface area contributed by atoms with Gasteiger partial charge in [-0.1, -0.05) is 96.6 Å². The zero-order chi connectivity index (χ0) is 35.1. The first kappa shape index (κ1) is 48.2. The van der Waals surface area contributed by atoms with Crippen LogP contribution in [-0.4, -0.2) is 52.4 Å². The van der Waals surface area contributed by atoms with Crippen molar-refractivity contribution in [3.8, 4) is 0 Å². The minimum absolute atomic E-state index is 0.417. The van der Waals surface area contributed by atoms with Crippen molar-refractivity contribution in [2.75, 3.05) is 20.7 Å². The van der Waals surface area contributed by atoms with Crippen molar-refractivity contribution >= 4 is 11.8 Å². The van der Waals surface area contributed by atoms with Crippen LogP contribution in [0.5, 0.6) is 0 Å². The molecule has 0 fully saturated rings. The number of rotatable bonds is 14. The molecule has 1 atom stereocenters. The number of likely N-dealkylation sites (N-methyl/N-ethyl adjacent to an activating group) is 1. The van der Waals surface area contributed by atoms with E-state index in [1.165, 1.54) is 56.7 Å². The number of aromatic nitrogens is 1. The Morgan fingerprint density at radius 3 is 1.80 bits per heavy atom. The van der Waals surface area contributed by atoms with E-state index in [-0.39, 0.29) is 0 Å². The molecule has 0 aliphatic carbocycles. The lowest BCUT2D eigenvalue weighted by atomic mass is 9.90. The second-order valence-electron chi connectivity index (χ2n) is 10.7. The summed E-state index contributed by atoms with van der Waals surface area (Å²) in [6, 6.07) is 0. The molecule has 5 N–H and O–H groups in total. The van der Waals surface area contributed by atoms with Gasteiger partial charge in [-0.25, -0.2) is 0 Å². The van der Waals surface area contributed by atoms with Gasteiger partial charge in [-0.2, -0.15) is 0 Å². The Balaban J connectivity index is -0.000000361. The van der Waals surface area contributed by atoms with Crippen molar-refractivity contribution in [3.05, 3.63) is 59.5 Å². The number of allylic oxidation sites excluding steroid dienone is 4. The van der Waals surface area contributed by atoms with Crippen LogP contribution in [0.15, 0.2) is 48.3 Å². The maximum Gasteiger partial charge on any atom is 0.309 e. The van der Waals surface area contributed by atoms with Crippen LogP contribution in [0.3, 0.4) is 0 Å². The number of nitrogens with one attached hydrogen (secondary N) is 2. The van der Waals surface area contributed by atoms with Gasteiger partial charge >= 0.3 is 11.8 Å². The Morgan fingerprint density at radius 2 is 1.43 bits per heavy atom. The Hall–Kier alpha value is -2.68. The molecule has 0 bridgehead atoms. The summed E-state index contributed by atoms with van der Waals surface area (Å²) < 4.78 is 1.80. The molecular weight excluding hydrogens is 554 g/mol. The average Bonchev–Trinajstić information content (AvgIpc) is 3.36. The van der Waals surface area contributed by atoms with E-state index in [0.29, 0.717) is 23.9 Å². The van der Waals surface area contributed by atoms with Crippen molar-refractivity contribution < 1.29 is 24.9 Å². The summed E-state index contributed by atoms with van der Waals surface area (Å²) in [7, 11) is 4.30. The predicted molar refractivity (Wildman–Crippen MR) is 188 cm³/mol. The molecular formula is C36H69N3O5. The number of unbranched alkanes of at least 4 members (excludes halogenated alkanes) is 4. The zero-order valence-corrected chi connectivity index (χ0v) is 30.3. The molecule has 0 aliphatic rings. The van der Waals surface area contributed by atoms with Crippen molar-refractivity contribution in [1.29, 1.82) is 0 Å². The van der Waals surface area contributed by atoms with Crippen LogP contribution in [-0.2, 0) is 16.6 Å². The van der Waals surface area contributed by atoms with E-state index in [0.717, 1.165) is 25.5 Å². The number of hydrogen-bond acceptors (Lipinski definition) is 5. The van der Waals surface area contributed by atoms with Gasteiger partial charge in [-0.15, -0.1) is 6.58 Å². The summed E-state index contributed by atoms with van der Waals surface area (Å²) >= 11 is 0. The molecule has 2 amide bonds. The van der Waals surface area contributed by atoms with Gasteiger partial charge in [0, 0.05) is 45.7 Å². The molecule has 1 aromatic rings. The number of carbonyl (C=O) groups is 2. The van der Waals surface area contributed by atoms with Crippen LogP contribution in [0.2, 0.25) is 0 Å². The number of aliphatic hydroxyl groups is 3. The third-order valence-corrected chi connectivity index (χ3v) is 6.40. The highest BCUT2D eigenvalue weighted by Crippen LogP contribution is 2.21. The summed E-state index contributed by atoms with van der Waals surface area (Å²) in [5.41, 5.74) is 4.19. The molecule has 1 heterocycles. The first-order chi connectivity index (χ1) is 20.8. The van der Waals surface area contributed by atoms with Gasteiger partial charge in [0.05, 0.1) is 0 Å². The maximum atomic E-state index is 11.4. The largest absolute Gasteiger partial charge is 0.400 e. The molecule has 1 rings (SSSR count). The van der Waals surface area contributed by atoms with Crippen LogP contribution in [0.25, 0.3) is 0 Å². The number of carbonyl (C=O) groups excluding carboxylic acids is 2. The van der Waals surface area contributed by atoms with Gasteiger partial charge < -0.3 is 30.5 Å². The van der Waals surface area contributed by atoms with Crippen LogP contribution in [0.1, 0.15) is 124 Å². The predicted octanol–water partition coefficient (Wildman–Crippen LogP) is 7.30. The Morgan fingerprint density at radius 1 is 0.932 bits per heavy atom. The van der Waals surface area contributed by atoms with Crippen molar-refractivity contribution in [2.45, 2.75) is 120 Å². The van der Waals surface area contributed by atoms with E-state index < -0.39 is 18.1 Å². The summed E-state index contributed by atoms with van der Waals surface area (Å²) in [4.78, 5) is 22.6. The van der Waals surface area contributed by atoms with Crippen molar-refractivity contribution in [2.24, 2.45) is 18.9 Å². The minimum Gasteiger partial charge on any atom is -0.400 e. The van der Waals surface area contributed by atoms with Crippen molar-refractivity contribution in [1.82, 2.24) is 15.2 Å². The third-order valence-electron chi connectivity index (χ3n) is 6.40. The van der Waals surface area contributed by atoms with E-state index in [9.17, 15) is 9.59 Å². The standard InChI is InChI=1S/C22H40N2O2.C7H11NO2.C4H8.C2H6.CH4O/c1-7-8-9-10-11-12-18(4)15-20(17(2)3)16-19(5)13-14-24-22(26)21(25)23-6;1-5-3-8(2)4-6(5)7(9)10;1-3-4-2;2*1-2/h15-17,20H,7-14H2,1-6H3,(H,23,25)(H,24,26);3-4,7,9-10H,1-2H3;3H,1,4H2,2H3;1-2H3;2H,1H3/b18-15+,19-16+;;;;. The first-order valence-corrected chi connectivity index (χ1v) is 16.2. The number of amides is 2. The van der Waals surface area contributed by atoms with Crippen LogP contribution in [0, 0.1) is 18.8 Å². The fourth-order valence-corrected chi connectivity index (χ4v) is 3.84. The monoisotopic (exact) mass is 624 g/mol. The van der Waals surface area contributed by atoms with E-state index in [1.54, 1.807) is 10.8 Å². The highest BCUT2D eigenvalue weighted by molar-refractivity contribution is 6.34.